The molecule has 0 unspecified atom stereocenters. The minimum atomic E-state index is 0.0805. The van der Waals surface area contributed by atoms with E-state index in [0.29, 0.717) is 24.5 Å². The van der Waals surface area contributed by atoms with Gasteiger partial charge < -0.3 is 10.1 Å². The van der Waals surface area contributed by atoms with Gasteiger partial charge in [-0.2, -0.15) is 0 Å². The number of amides is 1. The third-order valence-electron chi connectivity index (χ3n) is 6.45. The summed E-state index contributed by atoms with van der Waals surface area (Å²) in [6.45, 7) is 0.385. The average molecular weight is 309 g/mol. The Balaban J connectivity index is 1.34. The second kappa shape index (κ2) is 5.12. The molecular formula is C20H23NO2. The van der Waals surface area contributed by atoms with Crippen molar-refractivity contribution in [3.63, 3.8) is 0 Å². The van der Waals surface area contributed by atoms with Crippen LogP contribution >= 0.6 is 0 Å². The summed E-state index contributed by atoms with van der Waals surface area (Å²) < 4.78 is 5.74. The summed E-state index contributed by atoms with van der Waals surface area (Å²) in [6.07, 6.45) is 8.76. The molecule has 0 radical (unpaired) electrons. The van der Waals surface area contributed by atoms with Gasteiger partial charge in [0.2, 0.25) is 0 Å². The molecule has 4 saturated carbocycles. The number of nitrogens with one attached hydrogen (secondary N) is 1. The van der Waals surface area contributed by atoms with Crippen LogP contribution < -0.4 is 10.1 Å². The molecule has 0 atom stereocenters. The van der Waals surface area contributed by atoms with E-state index in [1.165, 1.54) is 32.1 Å². The predicted molar refractivity (Wildman–Crippen MR) is 88.9 cm³/mol. The smallest absolute Gasteiger partial charge is 0.250 e. The highest BCUT2D eigenvalue weighted by Gasteiger charge is 2.48. The maximum absolute atomic E-state index is 12.7. The van der Waals surface area contributed by atoms with Crippen molar-refractivity contribution in [2.75, 3.05) is 6.61 Å². The van der Waals surface area contributed by atoms with E-state index >= 15 is 0 Å². The first-order valence-corrected chi connectivity index (χ1v) is 8.99. The summed E-state index contributed by atoms with van der Waals surface area (Å²) in [7, 11) is 0. The fraction of sp³-hybridized carbons (Fsp3) is 0.550. The van der Waals surface area contributed by atoms with Gasteiger partial charge in [0.05, 0.1) is 5.57 Å². The molecule has 1 aromatic carbocycles. The molecule has 1 amide bonds. The minimum Gasteiger partial charge on any atom is -0.488 e. The van der Waals surface area contributed by atoms with Crippen molar-refractivity contribution in [3.05, 3.63) is 35.4 Å². The van der Waals surface area contributed by atoms with Crippen LogP contribution in [0.1, 0.15) is 37.7 Å². The molecule has 1 aliphatic heterocycles. The van der Waals surface area contributed by atoms with E-state index in [1.54, 1.807) is 0 Å². The lowest BCUT2D eigenvalue weighted by molar-refractivity contribution is -0.121. The molecule has 1 aromatic rings. The van der Waals surface area contributed by atoms with E-state index in [4.69, 9.17) is 4.74 Å². The average Bonchev–Trinajstić information content (AvgIpc) is 2.57. The van der Waals surface area contributed by atoms with Crippen molar-refractivity contribution in [3.8, 4) is 5.75 Å². The Morgan fingerprint density at radius 2 is 1.70 bits per heavy atom. The molecule has 4 bridgehead atoms. The van der Waals surface area contributed by atoms with Gasteiger partial charge in [0, 0.05) is 11.6 Å². The fourth-order valence-electron chi connectivity index (χ4n) is 5.65. The molecule has 6 rings (SSSR count). The standard InChI is InChI=1S/C20H23NO2/c22-20(17-10-14-3-1-2-4-18(14)23-11-17)21-19-15-6-12-5-13(8-15)9-16(19)7-12/h1-4,10,12-13,15-16,19H,5-9,11H2,(H,21,22). The Hall–Kier alpha value is -1.77. The monoisotopic (exact) mass is 309 g/mol. The molecule has 3 nitrogen and oxygen atoms in total. The minimum absolute atomic E-state index is 0.0805. The normalized spacial score (nSPS) is 36.9. The summed E-state index contributed by atoms with van der Waals surface area (Å²) in [5.74, 6) is 4.26. The van der Waals surface area contributed by atoms with E-state index in [2.05, 4.69) is 5.32 Å². The van der Waals surface area contributed by atoms with Gasteiger partial charge in [-0.1, -0.05) is 18.2 Å². The Kier molecular flexibility index (Phi) is 3.04. The molecule has 120 valence electrons. The molecule has 0 saturated heterocycles. The van der Waals surface area contributed by atoms with Crippen molar-refractivity contribution in [1.82, 2.24) is 5.32 Å². The Labute approximate surface area is 137 Å². The van der Waals surface area contributed by atoms with E-state index in [-0.39, 0.29) is 5.91 Å². The molecule has 4 fully saturated rings. The van der Waals surface area contributed by atoms with E-state index in [0.717, 1.165) is 28.7 Å². The van der Waals surface area contributed by atoms with Gasteiger partial charge in [0.15, 0.2) is 0 Å². The first kappa shape index (κ1) is 13.6. The van der Waals surface area contributed by atoms with Crippen LogP contribution in [0.25, 0.3) is 6.08 Å². The SMILES string of the molecule is O=C(NC1C2CC3CC(C2)CC1C3)C1=Cc2ccccc2OC1. The predicted octanol–water partition coefficient (Wildman–Crippen LogP) is 3.40. The van der Waals surface area contributed by atoms with Crippen molar-refractivity contribution >= 4 is 12.0 Å². The van der Waals surface area contributed by atoms with Gasteiger partial charge in [-0.15, -0.1) is 0 Å². The van der Waals surface area contributed by atoms with Crippen molar-refractivity contribution in [1.29, 1.82) is 0 Å². The summed E-state index contributed by atoms with van der Waals surface area (Å²) in [5, 5.41) is 3.38. The Morgan fingerprint density at radius 1 is 1.00 bits per heavy atom. The van der Waals surface area contributed by atoms with Crippen LogP contribution in [0.4, 0.5) is 0 Å². The molecule has 0 spiro atoms. The number of hydrogen-bond donors (Lipinski definition) is 1. The molecule has 4 aliphatic carbocycles. The lowest BCUT2D eigenvalue weighted by atomic mass is 9.54. The van der Waals surface area contributed by atoms with E-state index in [1.807, 2.05) is 30.3 Å². The van der Waals surface area contributed by atoms with E-state index in [9.17, 15) is 4.79 Å². The highest BCUT2D eigenvalue weighted by Crippen LogP contribution is 2.53. The van der Waals surface area contributed by atoms with Crippen molar-refractivity contribution in [2.45, 2.75) is 38.1 Å². The number of ether oxygens (including phenoxy) is 1. The topological polar surface area (TPSA) is 38.3 Å². The molecule has 0 aromatic heterocycles. The molecular weight excluding hydrogens is 286 g/mol. The van der Waals surface area contributed by atoms with E-state index < -0.39 is 0 Å². The quantitative estimate of drug-likeness (QED) is 0.909. The summed E-state index contributed by atoms with van der Waals surface area (Å²) in [6, 6.07) is 8.31. The van der Waals surface area contributed by atoms with Gasteiger partial charge >= 0.3 is 0 Å². The zero-order valence-corrected chi connectivity index (χ0v) is 13.3. The van der Waals surface area contributed by atoms with Gasteiger partial charge in [-0.3, -0.25) is 4.79 Å². The maximum Gasteiger partial charge on any atom is 0.250 e. The van der Waals surface area contributed by atoms with Gasteiger partial charge in [-0.25, -0.2) is 0 Å². The summed E-state index contributed by atoms with van der Waals surface area (Å²) in [4.78, 5) is 12.7. The molecule has 3 heteroatoms. The Morgan fingerprint density at radius 3 is 2.43 bits per heavy atom. The van der Waals surface area contributed by atoms with Crippen LogP contribution in [-0.2, 0) is 4.79 Å². The van der Waals surface area contributed by atoms with Crippen LogP contribution in [-0.4, -0.2) is 18.6 Å². The molecule has 1 N–H and O–H groups in total. The number of para-hydroxylation sites is 1. The maximum atomic E-state index is 12.7. The number of carbonyl (C=O) groups is 1. The largest absolute Gasteiger partial charge is 0.488 e. The zero-order chi connectivity index (χ0) is 15.4. The highest BCUT2D eigenvalue weighted by atomic mass is 16.5. The highest BCUT2D eigenvalue weighted by molar-refractivity contribution is 5.99. The number of hydrogen-bond acceptors (Lipinski definition) is 2. The lowest BCUT2D eigenvalue weighted by Gasteiger charge is -2.54. The fourth-order valence-corrected chi connectivity index (χ4v) is 5.65. The number of rotatable bonds is 2. The zero-order valence-electron chi connectivity index (χ0n) is 13.3. The lowest BCUT2D eigenvalue weighted by Crippen LogP contribution is -2.56. The molecule has 1 heterocycles. The second-order valence-electron chi connectivity index (χ2n) is 7.93. The van der Waals surface area contributed by atoms with Crippen molar-refractivity contribution < 1.29 is 9.53 Å². The third-order valence-corrected chi connectivity index (χ3v) is 6.45. The van der Waals surface area contributed by atoms with Crippen LogP contribution in [0.15, 0.2) is 29.8 Å². The summed E-state index contributed by atoms with van der Waals surface area (Å²) >= 11 is 0. The van der Waals surface area contributed by atoms with Gasteiger partial charge in [0.1, 0.15) is 12.4 Å². The number of carbonyl (C=O) groups excluding carboxylic acids is 1. The van der Waals surface area contributed by atoms with Crippen molar-refractivity contribution in [2.24, 2.45) is 23.7 Å². The molecule has 5 aliphatic rings. The van der Waals surface area contributed by atoms with Crippen LogP contribution in [0.2, 0.25) is 0 Å². The second-order valence-corrected chi connectivity index (χ2v) is 7.93. The number of fused-ring (bicyclic) bond motifs is 1. The first-order valence-electron chi connectivity index (χ1n) is 8.99. The number of benzene rings is 1. The van der Waals surface area contributed by atoms with Crippen LogP contribution in [0.5, 0.6) is 5.75 Å². The molecule has 23 heavy (non-hydrogen) atoms. The van der Waals surface area contributed by atoms with Crippen LogP contribution in [0.3, 0.4) is 0 Å². The Bertz CT molecular complexity index is 650. The van der Waals surface area contributed by atoms with Gasteiger partial charge in [-0.05, 0) is 67.9 Å². The summed E-state index contributed by atoms with van der Waals surface area (Å²) in [5.41, 5.74) is 1.77. The third kappa shape index (κ3) is 2.29. The first-order chi connectivity index (χ1) is 11.3. The van der Waals surface area contributed by atoms with Gasteiger partial charge in [0.25, 0.3) is 5.91 Å². The van der Waals surface area contributed by atoms with Crippen LogP contribution in [0, 0.1) is 23.7 Å².